The number of amides is 1. The fraction of sp³-hybridized carbons (Fsp3) is 0.611. The Morgan fingerprint density at radius 3 is 2.38 bits per heavy atom. The Bertz CT molecular complexity index is 746. The minimum absolute atomic E-state index is 0.116. The van der Waals surface area contributed by atoms with Crippen molar-refractivity contribution in [1.29, 1.82) is 0 Å². The quantitative estimate of drug-likeness (QED) is 0.906. The van der Waals surface area contributed by atoms with Crippen LogP contribution in [0.15, 0.2) is 18.2 Å². The van der Waals surface area contributed by atoms with Gasteiger partial charge < -0.3 is 5.32 Å². The number of carbonyl (C=O) groups excluding carboxylic acids is 1. The number of nitrogens with one attached hydrogen (secondary N) is 1. The van der Waals surface area contributed by atoms with Gasteiger partial charge in [-0.1, -0.05) is 20.8 Å². The van der Waals surface area contributed by atoms with Gasteiger partial charge in [-0.05, 0) is 55.9 Å². The SMILES string of the molecule is CC(C)(C)CC(C)(C)NC(=O)c1ccc2c(c1)CCN2S(C)(=O)=O. The summed E-state index contributed by atoms with van der Waals surface area (Å²) in [6.07, 6.45) is 2.70. The first-order chi connectivity index (χ1) is 10.8. The lowest BCUT2D eigenvalue weighted by Crippen LogP contribution is -2.45. The van der Waals surface area contributed by atoms with E-state index in [9.17, 15) is 13.2 Å². The summed E-state index contributed by atoms with van der Waals surface area (Å²) in [4.78, 5) is 12.6. The highest BCUT2D eigenvalue weighted by atomic mass is 32.2. The third-order valence-electron chi connectivity index (χ3n) is 4.02. The Balaban J connectivity index is 2.19. The van der Waals surface area contributed by atoms with E-state index < -0.39 is 10.0 Å². The molecule has 0 saturated heterocycles. The molecular weight excluding hydrogens is 324 g/mol. The highest BCUT2D eigenvalue weighted by Gasteiger charge is 2.29. The number of benzene rings is 1. The van der Waals surface area contributed by atoms with Crippen LogP contribution >= 0.6 is 0 Å². The van der Waals surface area contributed by atoms with Crippen LogP contribution in [0.4, 0.5) is 5.69 Å². The molecule has 1 aliphatic rings. The zero-order valence-electron chi connectivity index (χ0n) is 15.4. The Labute approximate surface area is 145 Å². The Morgan fingerprint density at radius 2 is 1.83 bits per heavy atom. The molecule has 0 bridgehead atoms. The van der Waals surface area contributed by atoms with Crippen LogP contribution < -0.4 is 9.62 Å². The number of hydrogen-bond donors (Lipinski definition) is 1. The number of carbonyl (C=O) groups is 1. The zero-order chi connectivity index (χ0) is 18.3. The van der Waals surface area contributed by atoms with Crippen LogP contribution in [-0.4, -0.2) is 32.7 Å². The van der Waals surface area contributed by atoms with Crippen LogP contribution in [0.2, 0.25) is 0 Å². The highest BCUT2D eigenvalue weighted by molar-refractivity contribution is 7.92. The average molecular weight is 353 g/mol. The summed E-state index contributed by atoms with van der Waals surface area (Å²) in [5.41, 5.74) is 1.97. The molecule has 0 saturated carbocycles. The first kappa shape index (κ1) is 18.8. The van der Waals surface area contributed by atoms with Gasteiger partial charge in [-0.15, -0.1) is 0 Å². The Kier molecular flexibility index (Phi) is 4.74. The molecule has 0 aliphatic carbocycles. The topological polar surface area (TPSA) is 66.5 Å². The monoisotopic (exact) mass is 352 g/mol. The van der Waals surface area contributed by atoms with E-state index in [1.807, 2.05) is 19.9 Å². The van der Waals surface area contributed by atoms with Crippen molar-refractivity contribution in [3.63, 3.8) is 0 Å². The third-order valence-corrected chi connectivity index (χ3v) is 5.20. The fourth-order valence-corrected chi connectivity index (χ4v) is 4.57. The van der Waals surface area contributed by atoms with Gasteiger partial charge >= 0.3 is 0 Å². The van der Waals surface area contributed by atoms with Crippen molar-refractivity contribution < 1.29 is 13.2 Å². The number of nitrogens with zero attached hydrogens (tertiary/aromatic N) is 1. The summed E-state index contributed by atoms with van der Waals surface area (Å²) in [7, 11) is -3.27. The standard InChI is InChI=1S/C18H28N2O3S/c1-17(2,3)12-18(4,5)19-16(21)14-7-8-15-13(11-14)9-10-20(15)24(6,22)23/h7-8,11H,9-10,12H2,1-6H3,(H,19,21). The van der Waals surface area contributed by atoms with Crippen molar-refractivity contribution in [2.24, 2.45) is 5.41 Å². The molecule has 0 atom stereocenters. The average Bonchev–Trinajstić information content (AvgIpc) is 2.77. The van der Waals surface area contributed by atoms with Crippen LogP contribution in [0, 0.1) is 5.41 Å². The fourth-order valence-electron chi connectivity index (χ4n) is 3.61. The van der Waals surface area contributed by atoms with E-state index in [4.69, 9.17) is 0 Å². The van der Waals surface area contributed by atoms with Gasteiger partial charge in [0.15, 0.2) is 0 Å². The van der Waals surface area contributed by atoms with Gasteiger partial charge in [0.1, 0.15) is 0 Å². The lowest BCUT2D eigenvalue weighted by Gasteiger charge is -2.33. The molecule has 1 heterocycles. The molecule has 134 valence electrons. The third kappa shape index (κ3) is 4.50. The maximum Gasteiger partial charge on any atom is 0.251 e. The summed E-state index contributed by atoms with van der Waals surface area (Å²) in [5.74, 6) is -0.121. The molecule has 24 heavy (non-hydrogen) atoms. The molecule has 0 radical (unpaired) electrons. The lowest BCUT2D eigenvalue weighted by atomic mass is 9.81. The first-order valence-corrected chi connectivity index (χ1v) is 10.1. The van der Waals surface area contributed by atoms with Crippen LogP contribution in [0.5, 0.6) is 0 Å². The molecule has 0 fully saturated rings. The molecule has 1 aromatic carbocycles. The summed E-state index contributed by atoms with van der Waals surface area (Å²) < 4.78 is 25.0. The summed E-state index contributed by atoms with van der Waals surface area (Å²) in [6, 6.07) is 5.24. The number of anilines is 1. The van der Waals surface area contributed by atoms with Crippen LogP contribution in [0.1, 0.15) is 57.0 Å². The van der Waals surface area contributed by atoms with Crippen molar-refractivity contribution in [1.82, 2.24) is 5.32 Å². The number of fused-ring (bicyclic) bond motifs is 1. The van der Waals surface area contributed by atoms with E-state index in [-0.39, 0.29) is 16.9 Å². The van der Waals surface area contributed by atoms with Crippen molar-refractivity contribution in [2.75, 3.05) is 17.1 Å². The second-order valence-corrected chi connectivity index (χ2v) is 10.4. The van der Waals surface area contributed by atoms with E-state index in [0.717, 1.165) is 12.0 Å². The largest absolute Gasteiger partial charge is 0.347 e. The molecule has 0 spiro atoms. The van der Waals surface area contributed by atoms with Crippen LogP contribution in [0.3, 0.4) is 0 Å². The minimum atomic E-state index is -3.27. The van der Waals surface area contributed by atoms with Gasteiger partial charge in [0.25, 0.3) is 5.91 Å². The van der Waals surface area contributed by atoms with Crippen molar-refractivity contribution in [2.45, 2.75) is 53.0 Å². The van der Waals surface area contributed by atoms with Crippen LogP contribution in [-0.2, 0) is 16.4 Å². The van der Waals surface area contributed by atoms with Gasteiger partial charge in [0.2, 0.25) is 10.0 Å². The molecule has 0 aromatic heterocycles. The second-order valence-electron chi connectivity index (χ2n) is 8.50. The molecule has 0 unspecified atom stereocenters. The molecule has 1 amide bonds. The van der Waals surface area contributed by atoms with E-state index in [0.29, 0.717) is 24.2 Å². The molecule has 1 aromatic rings. The summed E-state index contributed by atoms with van der Waals surface area (Å²) in [6.45, 7) is 10.9. The van der Waals surface area contributed by atoms with E-state index in [1.54, 1.807) is 12.1 Å². The maximum absolute atomic E-state index is 12.6. The van der Waals surface area contributed by atoms with Gasteiger partial charge in [0.05, 0.1) is 11.9 Å². The van der Waals surface area contributed by atoms with E-state index >= 15 is 0 Å². The van der Waals surface area contributed by atoms with Crippen molar-refractivity contribution >= 4 is 21.6 Å². The molecular formula is C18H28N2O3S. The minimum Gasteiger partial charge on any atom is -0.347 e. The van der Waals surface area contributed by atoms with Gasteiger partial charge in [-0.2, -0.15) is 0 Å². The first-order valence-electron chi connectivity index (χ1n) is 8.22. The number of sulfonamides is 1. The predicted molar refractivity (Wildman–Crippen MR) is 98.0 cm³/mol. The number of rotatable bonds is 4. The normalized spacial score (nSPS) is 15.3. The Morgan fingerprint density at radius 1 is 1.21 bits per heavy atom. The predicted octanol–water partition coefficient (Wildman–Crippen LogP) is 2.95. The van der Waals surface area contributed by atoms with Gasteiger partial charge in [-0.25, -0.2) is 8.42 Å². The lowest BCUT2D eigenvalue weighted by molar-refractivity contribution is 0.0891. The van der Waals surface area contributed by atoms with E-state index in [2.05, 4.69) is 26.1 Å². The van der Waals surface area contributed by atoms with Crippen molar-refractivity contribution in [3.8, 4) is 0 Å². The van der Waals surface area contributed by atoms with Crippen molar-refractivity contribution in [3.05, 3.63) is 29.3 Å². The highest BCUT2D eigenvalue weighted by Crippen LogP contribution is 2.31. The Hall–Kier alpha value is -1.56. The summed E-state index contributed by atoms with van der Waals surface area (Å²) in [5, 5.41) is 3.09. The van der Waals surface area contributed by atoms with Gasteiger partial charge in [-0.3, -0.25) is 9.10 Å². The van der Waals surface area contributed by atoms with Crippen LogP contribution in [0.25, 0.3) is 0 Å². The molecule has 2 rings (SSSR count). The zero-order valence-corrected chi connectivity index (χ0v) is 16.3. The molecule has 5 nitrogen and oxygen atoms in total. The van der Waals surface area contributed by atoms with Gasteiger partial charge in [0, 0.05) is 17.6 Å². The van der Waals surface area contributed by atoms with E-state index in [1.165, 1.54) is 10.6 Å². The number of hydrogen-bond acceptors (Lipinski definition) is 3. The second kappa shape index (κ2) is 6.06. The molecule has 1 N–H and O–H groups in total. The molecule has 6 heteroatoms. The summed E-state index contributed by atoms with van der Waals surface area (Å²) >= 11 is 0. The maximum atomic E-state index is 12.6. The smallest absolute Gasteiger partial charge is 0.251 e. The molecule has 1 aliphatic heterocycles.